The molecular weight excluding hydrogens is 440 g/mol. The van der Waals surface area contributed by atoms with Crippen molar-refractivity contribution in [3.63, 3.8) is 0 Å². The number of rotatable bonds is 2. The van der Waals surface area contributed by atoms with E-state index in [1.54, 1.807) is 0 Å². The Morgan fingerprint density at radius 2 is 1.49 bits per heavy atom. The van der Waals surface area contributed by atoms with Crippen molar-refractivity contribution in [1.29, 1.82) is 0 Å². The zero-order valence-electron chi connectivity index (χ0n) is 22.6. The highest BCUT2D eigenvalue weighted by Gasteiger charge is 2.72. The molecule has 0 saturated heterocycles. The van der Waals surface area contributed by atoms with Crippen molar-refractivity contribution >= 4 is 11.9 Å². The van der Waals surface area contributed by atoms with Gasteiger partial charge < -0.3 is 15.3 Å². The number of fused-ring (bicyclic) bond motifs is 7. The fourth-order valence-corrected chi connectivity index (χ4v) is 10.7. The Hall–Kier alpha value is -1.36. The fraction of sp³-hybridized carbons (Fsp3) is 0.867. The van der Waals surface area contributed by atoms with Crippen molar-refractivity contribution in [2.45, 2.75) is 112 Å². The van der Waals surface area contributed by atoms with Gasteiger partial charge >= 0.3 is 11.9 Å². The van der Waals surface area contributed by atoms with Crippen LogP contribution in [-0.4, -0.2) is 33.4 Å². The van der Waals surface area contributed by atoms with Crippen molar-refractivity contribution in [2.75, 3.05) is 0 Å². The van der Waals surface area contributed by atoms with Crippen LogP contribution in [0.5, 0.6) is 0 Å². The lowest BCUT2D eigenvalue weighted by Crippen LogP contribution is -2.67. The molecule has 0 heterocycles. The van der Waals surface area contributed by atoms with Gasteiger partial charge in [0.1, 0.15) is 0 Å². The van der Waals surface area contributed by atoms with Gasteiger partial charge in [0.2, 0.25) is 0 Å². The van der Waals surface area contributed by atoms with Gasteiger partial charge in [-0.25, -0.2) is 0 Å². The van der Waals surface area contributed by atoms with Gasteiger partial charge in [-0.15, -0.1) is 0 Å². The van der Waals surface area contributed by atoms with Crippen LogP contribution < -0.4 is 0 Å². The van der Waals surface area contributed by atoms with E-state index in [4.69, 9.17) is 0 Å². The van der Waals surface area contributed by atoms with Crippen molar-refractivity contribution in [3.05, 3.63) is 11.6 Å². The third-order valence-corrected chi connectivity index (χ3v) is 13.1. The predicted molar refractivity (Wildman–Crippen MR) is 135 cm³/mol. The van der Waals surface area contributed by atoms with Crippen LogP contribution >= 0.6 is 0 Å². The summed E-state index contributed by atoms with van der Waals surface area (Å²) >= 11 is 0. The highest BCUT2D eigenvalue weighted by atomic mass is 16.4. The van der Waals surface area contributed by atoms with E-state index in [1.807, 2.05) is 6.92 Å². The summed E-state index contributed by atoms with van der Waals surface area (Å²) < 4.78 is 0. The summed E-state index contributed by atoms with van der Waals surface area (Å²) in [5.74, 6) is -0.814. The molecule has 5 heteroatoms. The molecule has 4 fully saturated rings. The molecule has 5 rings (SSSR count). The molecule has 3 N–H and O–H groups in total. The van der Waals surface area contributed by atoms with Gasteiger partial charge in [-0.3, -0.25) is 9.59 Å². The highest BCUT2D eigenvalue weighted by Crippen LogP contribution is 2.75. The lowest BCUT2D eigenvalue weighted by Gasteiger charge is -2.70. The second-order valence-corrected chi connectivity index (χ2v) is 14.8. The Balaban J connectivity index is 1.64. The van der Waals surface area contributed by atoms with Crippen LogP contribution in [-0.2, 0) is 9.59 Å². The Bertz CT molecular complexity index is 983. The molecule has 5 aliphatic rings. The number of carbonyl (C=O) groups is 2. The molecule has 0 spiro atoms. The van der Waals surface area contributed by atoms with E-state index in [9.17, 15) is 24.9 Å². The number of hydrogen-bond acceptors (Lipinski definition) is 3. The minimum Gasteiger partial charge on any atom is -0.481 e. The lowest BCUT2D eigenvalue weighted by atomic mass is 9.33. The Labute approximate surface area is 210 Å². The van der Waals surface area contributed by atoms with E-state index < -0.39 is 22.8 Å². The molecule has 0 bridgehead atoms. The molecule has 9 atom stereocenters. The standard InChI is InChI=1S/C30H46O5/c1-25(2)20-9-12-29(6)21(28(20,5)11-10-22(25)31)8-7-18-19-17-27(4,23(32)33)14-13-26(19,3)15-16-30(18,29)24(34)35/h7,19-22,31H,8-17H2,1-6H3,(H,32,33)(H,34,35). The summed E-state index contributed by atoms with van der Waals surface area (Å²) in [7, 11) is 0. The molecule has 5 aliphatic carbocycles. The number of aliphatic hydroxyl groups excluding tert-OH is 1. The van der Waals surface area contributed by atoms with Gasteiger partial charge in [0.25, 0.3) is 0 Å². The van der Waals surface area contributed by atoms with E-state index in [0.29, 0.717) is 25.2 Å². The lowest BCUT2D eigenvalue weighted by molar-refractivity contribution is -0.214. The summed E-state index contributed by atoms with van der Waals surface area (Å²) in [5, 5.41) is 32.0. The van der Waals surface area contributed by atoms with Crippen molar-refractivity contribution in [3.8, 4) is 0 Å². The normalized spacial score (nSPS) is 52.7. The van der Waals surface area contributed by atoms with Crippen LogP contribution in [0.2, 0.25) is 0 Å². The summed E-state index contributed by atoms with van der Waals surface area (Å²) in [6, 6.07) is 0. The van der Waals surface area contributed by atoms with E-state index >= 15 is 0 Å². The first kappa shape index (κ1) is 25.3. The minimum atomic E-state index is -0.926. The summed E-state index contributed by atoms with van der Waals surface area (Å²) in [6.07, 6.45) is 9.94. The molecule has 0 aromatic heterocycles. The quantitative estimate of drug-likeness (QED) is 0.398. The SMILES string of the molecule is CC1(C(=O)O)CCC2(C)CCC3(C(=O)O)C(=CCC4C5(C)CCC(O)C(C)(C)C5CCC43C)C2C1. The molecule has 0 aliphatic heterocycles. The van der Waals surface area contributed by atoms with Gasteiger partial charge in [0.05, 0.1) is 16.9 Å². The van der Waals surface area contributed by atoms with E-state index in [2.05, 4.69) is 40.7 Å². The van der Waals surface area contributed by atoms with Crippen LogP contribution in [0.25, 0.3) is 0 Å². The van der Waals surface area contributed by atoms with Crippen molar-refractivity contribution in [1.82, 2.24) is 0 Å². The van der Waals surface area contributed by atoms with Crippen LogP contribution in [0.15, 0.2) is 11.6 Å². The van der Waals surface area contributed by atoms with Gasteiger partial charge in [-0.05, 0) is 111 Å². The summed E-state index contributed by atoms with van der Waals surface area (Å²) in [4.78, 5) is 25.7. The number of aliphatic carboxylic acids is 2. The van der Waals surface area contributed by atoms with E-state index in [1.165, 1.54) is 0 Å². The van der Waals surface area contributed by atoms with Crippen LogP contribution in [0.3, 0.4) is 0 Å². The molecule has 0 radical (unpaired) electrons. The molecule has 0 amide bonds. The Morgan fingerprint density at radius 3 is 2.11 bits per heavy atom. The van der Waals surface area contributed by atoms with Gasteiger partial charge in [0, 0.05) is 0 Å². The maximum absolute atomic E-state index is 13.5. The number of allylic oxidation sites excluding steroid dienone is 1. The van der Waals surface area contributed by atoms with Gasteiger partial charge in [-0.1, -0.05) is 46.3 Å². The maximum atomic E-state index is 13.5. The van der Waals surface area contributed by atoms with Crippen LogP contribution in [0.1, 0.15) is 106 Å². The molecule has 0 aromatic rings. The third-order valence-electron chi connectivity index (χ3n) is 13.1. The number of carboxylic acid groups (broad SMARTS) is 2. The topological polar surface area (TPSA) is 94.8 Å². The largest absolute Gasteiger partial charge is 0.481 e. The Kier molecular flexibility index (Phi) is 5.32. The summed E-state index contributed by atoms with van der Waals surface area (Å²) in [5.41, 5.74) is -1.24. The van der Waals surface area contributed by atoms with Gasteiger partial charge in [-0.2, -0.15) is 0 Å². The molecule has 4 saturated carbocycles. The van der Waals surface area contributed by atoms with E-state index in [0.717, 1.165) is 50.5 Å². The van der Waals surface area contributed by atoms with Gasteiger partial charge in [0.15, 0.2) is 0 Å². The van der Waals surface area contributed by atoms with E-state index in [-0.39, 0.29) is 39.6 Å². The molecule has 35 heavy (non-hydrogen) atoms. The second-order valence-electron chi connectivity index (χ2n) is 14.8. The predicted octanol–water partition coefficient (Wildman–Crippen LogP) is 6.30. The molecular formula is C30H46O5. The van der Waals surface area contributed by atoms with Crippen LogP contribution in [0.4, 0.5) is 0 Å². The fourth-order valence-electron chi connectivity index (χ4n) is 10.7. The average Bonchev–Trinajstić information content (AvgIpc) is 2.76. The molecule has 0 aromatic carbocycles. The van der Waals surface area contributed by atoms with Crippen molar-refractivity contribution < 1.29 is 24.9 Å². The first-order valence-corrected chi connectivity index (χ1v) is 13.9. The number of aliphatic hydroxyl groups is 1. The second kappa shape index (κ2) is 7.36. The zero-order chi connectivity index (χ0) is 25.8. The minimum absolute atomic E-state index is 0.00937. The first-order chi connectivity index (χ1) is 16.1. The number of hydrogen-bond donors (Lipinski definition) is 3. The highest BCUT2D eigenvalue weighted by molar-refractivity contribution is 5.82. The van der Waals surface area contributed by atoms with Crippen LogP contribution in [0, 0.1) is 50.2 Å². The molecule has 9 unspecified atom stereocenters. The van der Waals surface area contributed by atoms with Crippen molar-refractivity contribution in [2.24, 2.45) is 50.2 Å². The molecule has 196 valence electrons. The monoisotopic (exact) mass is 486 g/mol. The summed E-state index contributed by atoms with van der Waals surface area (Å²) in [6.45, 7) is 13.2. The number of carboxylic acids is 2. The molecule has 5 nitrogen and oxygen atoms in total. The zero-order valence-corrected chi connectivity index (χ0v) is 22.6. The smallest absolute Gasteiger partial charge is 0.314 e. The Morgan fingerprint density at radius 1 is 0.829 bits per heavy atom. The average molecular weight is 487 g/mol. The first-order valence-electron chi connectivity index (χ1n) is 13.9. The third kappa shape index (κ3) is 2.97. The maximum Gasteiger partial charge on any atom is 0.314 e.